The summed E-state index contributed by atoms with van der Waals surface area (Å²) in [6.07, 6.45) is -0.968. The summed E-state index contributed by atoms with van der Waals surface area (Å²) < 4.78 is 18.9. The Bertz CT molecular complexity index is 573. The van der Waals surface area contributed by atoms with Crippen LogP contribution in [-0.2, 0) is 0 Å². The Hall–Kier alpha value is -1.87. The topological polar surface area (TPSA) is 29.5 Å². The van der Waals surface area contributed by atoms with Crippen LogP contribution in [0.5, 0.6) is 5.75 Å². The second-order valence-electron chi connectivity index (χ2n) is 4.71. The molecule has 2 aromatic rings. The van der Waals surface area contributed by atoms with Crippen molar-refractivity contribution in [2.24, 2.45) is 0 Å². The van der Waals surface area contributed by atoms with Crippen LogP contribution in [0.2, 0.25) is 0 Å². The predicted molar refractivity (Wildman–Crippen MR) is 72.9 cm³/mol. The van der Waals surface area contributed by atoms with Gasteiger partial charge in [-0.05, 0) is 31.5 Å². The van der Waals surface area contributed by atoms with E-state index >= 15 is 0 Å². The van der Waals surface area contributed by atoms with Crippen LogP contribution >= 0.6 is 0 Å². The number of hydrogen-bond donors (Lipinski definition) is 1. The highest BCUT2D eigenvalue weighted by Crippen LogP contribution is 2.28. The van der Waals surface area contributed by atoms with Crippen molar-refractivity contribution in [1.82, 2.24) is 0 Å². The minimum atomic E-state index is -0.968. The van der Waals surface area contributed by atoms with Crippen LogP contribution in [0, 0.1) is 19.7 Å². The highest BCUT2D eigenvalue weighted by molar-refractivity contribution is 5.38. The van der Waals surface area contributed by atoms with Gasteiger partial charge in [-0.25, -0.2) is 4.39 Å². The zero-order valence-corrected chi connectivity index (χ0v) is 11.3. The van der Waals surface area contributed by atoms with E-state index in [2.05, 4.69) is 0 Å². The molecule has 0 spiro atoms. The molecule has 1 N–H and O–H groups in total. The van der Waals surface area contributed by atoms with Gasteiger partial charge >= 0.3 is 0 Å². The third kappa shape index (κ3) is 2.93. The number of aryl methyl sites for hydroxylation is 2. The smallest absolute Gasteiger partial charge is 0.133 e. The first kappa shape index (κ1) is 13.6. The Kier molecular flexibility index (Phi) is 3.86. The minimum Gasteiger partial charge on any atom is -0.497 e. The number of ether oxygens (including phenoxy) is 1. The molecule has 0 bridgehead atoms. The molecular formula is C16H17FO2. The Labute approximate surface area is 112 Å². The summed E-state index contributed by atoms with van der Waals surface area (Å²) in [4.78, 5) is 0. The molecule has 0 heterocycles. The molecule has 0 aliphatic carbocycles. The molecule has 0 aromatic heterocycles. The lowest BCUT2D eigenvalue weighted by molar-refractivity contribution is 0.214. The second kappa shape index (κ2) is 5.41. The highest BCUT2D eigenvalue weighted by atomic mass is 19.1. The van der Waals surface area contributed by atoms with Crippen molar-refractivity contribution in [2.45, 2.75) is 20.0 Å². The van der Waals surface area contributed by atoms with Crippen LogP contribution in [0.3, 0.4) is 0 Å². The van der Waals surface area contributed by atoms with Gasteiger partial charge in [0.2, 0.25) is 0 Å². The minimum absolute atomic E-state index is 0.255. The summed E-state index contributed by atoms with van der Waals surface area (Å²) in [6, 6.07) is 10.2. The fourth-order valence-corrected chi connectivity index (χ4v) is 2.20. The SMILES string of the molecule is COc1ccc(C(O)c2cc(C)cc(C)c2)c(F)c1. The molecule has 19 heavy (non-hydrogen) atoms. The number of aliphatic hydroxyl groups excluding tert-OH is 1. The molecule has 100 valence electrons. The van der Waals surface area contributed by atoms with Gasteiger partial charge in [-0.2, -0.15) is 0 Å². The van der Waals surface area contributed by atoms with E-state index in [-0.39, 0.29) is 5.56 Å². The van der Waals surface area contributed by atoms with Crippen molar-refractivity contribution in [2.75, 3.05) is 7.11 Å². The van der Waals surface area contributed by atoms with E-state index in [1.165, 1.54) is 13.2 Å². The first-order valence-electron chi connectivity index (χ1n) is 6.11. The van der Waals surface area contributed by atoms with E-state index in [1.54, 1.807) is 12.1 Å². The average molecular weight is 260 g/mol. The van der Waals surface area contributed by atoms with Crippen LogP contribution in [0.4, 0.5) is 4.39 Å². The maximum absolute atomic E-state index is 13.9. The number of methoxy groups -OCH3 is 1. The van der Waals surface area contributed by atoms with Gasteiger partial charge in [-0.15, -0.1) is 0 Å². The molecule has 1 unspecified atom stereocenters. The molecule has 0 amide bonds. The lowest BCUT2D eigenvalue weighted by Gasteiger charge is -2.14. The standard InChI is InChI=1S/C16H17FO2/c1-10-6-11(2)8-12(7-10)16(18)14-5-4-13(19-3)9-15(14)17/h4-9,16,18H,1-3H3. The zero-order valence-electron chi connectivity index (χ0n) is 11.3. The van der Waals surface area contributed by atoms with Crippen molar-refractivity contribution < 1.29 is 14.2 Å². The van der Waals surface area contributed by atoms with Crippen molar-refractivity contribution in [3.63, 3.8) is 0 Å². The molecule has 2 aromatic carbocycles. The van der Waals surface area contributed by atoms with Crippen LogP contribution < -0.4 is 4.74 Å². The first-order valence-corrected chi connectivity index (χ1v) is 6.11. The van der Waals surface area contributed by atoms with Crippen LogP contribution in [0.1, 0.15) is 28.4 Å². The highest BCUT2D eigenvalue weighted by Gasteiger charge is 2.16. The first-order chi connectivity index (χ1) is 9.01. The van der Waals surface area contributed by atoms with Crippen LogP contribution in [0.25, 0.3) is 0 Å². The summed E-state index contributed by atoms with van der Waals surface area (Å²) in [5.74, 6) is -0.0279. The lowest BCUT2D eigenvalue weighted by Crippen LogP contribution is -2.03. The molecule has 0 radical (unpaired) electrons. The third-order valence-electron chi connectivity index (χ3n) is 3.06. The molecule has 1 atom stereocenters. The van der Waals surface area contributed by atoms with Gasteiger partial charge in [0.1, 0.15) is 17.7 Å². The van der Waals surface area contributed by atoms with E-state index in [1.807, 2.05) is 32.0 Å². The van der Waals surface area contributed by atoms with E-state index in [9.17, 15) is 9.50 Å². The summed E-state index contributed by atoms with van der Waals surface area (Å²) in [5, 5.41) is 10.3. The molecule has 2 nitrogen and oxygen atoms in total. The molecule has 2 rings (SSSR count). The van der Waals surface area contributed by atoms with Gasteiger partial charge < -0.3 is 9.84 Å². The Morgan fingerprint density at radius 3 is 2.21 bits per heavy atom. The molecule has 3 heteroatoms. The van der Waals surface area contributed by atoms with Crippen molar-refractivity contribution >= 4 is 0 Å². The van der Waals surface area contributed by atoms with Crippen LogP contribution in [0.15, 0.2) is 36.4 Å². The monoisotopic (exact) mass is 260 g/mol. The van der Waals surface area contributed by atoms with Gasteiger partial charge in [0.15, 0.2) is 0 Å². The molecule has 0 fully saturated rings. The maximum atomic E-state index is 13.9. The number of hydrogen-bond acceptors (Lipinski definition) is 2. The molecule has 0 saturated heterocycles. The Morgan fingerprint density at radius 1 is 1.05 bits per heavy atom. The van der Waals surface area contributed by atoms with Crippen molar-refractivity contribution in [3.8, 4) is 5.75 Å². The quantitative estimate of drug-likeness (QED) is 0.914. The average Bonchev–Trinajstić information content (AvgIpc) is 2.36. The van der Waals surface area contributed by atoms with Gasteiger partial charge in [0.25, 0.3) is 0 Å². The van der Waals surface area contributed by atoms with E-state index in [0.29, 0.717) is 11.3 Å². The molecular weight excluding hydrogens is 243 g/mol. The largest absolute Gasteiger partial charge is 0.497 e. The molecule has 0 saturated carbocycles. The van der Waals surface area contributed by atoms with Gasteiger partial charge in [-0.3, -0.25) is 0 Å². The fourth-order valence-electron chi connectivity index (χ4n) is 2.20. The molecule has 0 aliphatic rings. The summed E-state index contributed by atoms with van der Waals surface area (Å²) >= 11 is 0. The molecule has 0 aliphatic heterocycles. The summed E-state index contributed by atoms with van der Waals surface area (Å²) in [5.41, 5.74) is 3.04. The number of benzene rings is 2. The third-order valence-corrected chi connectivity index (χ3v) is 3.06. The van der Waals surface area contributed by atoms with Gasteiger partial charge in [-0.1, -0.05) is 29.3 Å². The van der Waals surface area contributed by atoms with Gasteiger partial charge in [0.05, 0.1) is 7.11 Å². The van der Waals surface area contributed by atoms with Crippen molar-refractivity contribution in [1.29, 1.82) is 0 Å². The summed E-state index contributed by atoms with van der Waals surface area (Å²) in [7, 11) is 1.48. The van der Waals surface area contributed by atoms with Crippen LogP contribution in [-0.4, -0.2) is 12.2 Å². The number of rotatable bonds is 3. The maximum Gasteiger partial charge on any atom is 0.133 e. The van der Waals surface area contributed by atoms with E-state index in [4.69, 9.17) is 4.74 Å². The Balaban J connectivity index is 2.40. The summed E-state index contributed by atoms with van der Waals surface area (Å²) in [6.45, 7) is 3.90. The Morgan fingerprint density at radius 2 is 1.68 bits per heavy atom. The van der Waals surface area contributed by atoms with E-state index in [0.717, 1.165) is 11.1 Å². The van der Waals surface area contributed by atoms with Gasteiger partial charge in [0, 0.05) is 11.6 Å². The predicted octanol–water partition coefficient (Wildman–Crippen LogP) is 3.53. The normalized spacial score (nSPS) is 12.3. The number of halogens is 1. The zero-order chi connectivity index (χ0) is 14.0. The lowest BCUT2D eigenvalue weighted by atomic mass is 9.97. The fraction of sp³-hybridized carbons (Fsp3) is 0.250. The van der Waals surface area contributed by atoms with E-state index < -0.39 is 11.9 Å². The van der Waals surface area contributed by atoms with Crippen molar-refractivity contribution in [3.05, 3.63) is 64.5 Å². The number of aliphatic hydroxyl groups is 1. The second-order valence-corrected chi connectivity index (χ2v) is 4.71.